The van der Waals surface area contributed by atoms with Crippen LogP contribution in [0, 0.1) is 11.8 Å². The van der Waals surface area contributed by atoms with Gasteiger partial charge in [-0.15, -0.1) is 5.06 Å². The van der Waals surface area contributed by atoms with Crippen molar-refractivity contribution in [2.45, 2.75) is 85.0 Å². The molecule has 45 heavy (non-hydrogen) atoms. The number of aliphatic hydroxyl groups excluding tert-OH is 1. The Hall–Kier alpha value is -4.01. The fraction of sp³-hybridized carbons (Fsp3) is 0.528. The van der Waals surface area contributed by atoms with E-state index in [1.54, 1.807) is 0 Å². The molecule has 2 aliphatic carbocycles. The number of ketones is 1. The first kappa shape index (κ1) is 33.9. The maximum Gasteiger partial charge on any atom is 0.333 e. The smallest absolute Gasteiger partial charge is 0.333 e. The van der Waals surface area contributed by atoms with Gasteiger partial charge in [-0.1, -0.05) is 64.3 Å². The van der Waals surface area contributed by atoms with E-state index < -0.39 is 23.7 Å². The highest BCUT2D eigenvalue weighted by Gasteiger charge is 2.44. The van der Waals surface area contributed by atoms with Gasteiger partial charge in [-0.05, 0) is 30.5 Å². The van der Waals surface area contributed by atoms with Crippen LogP contribution in [0.15, 0.2) is 54.3 Å². The molecule has 1 N–H and O–H groups in total. The molecule has 9 nitrogen and oxygen atoms in total. The van der Waals surface area contributed by atoms with E-state index >= 15 is 0 Å². The van der Waals surface area contributed by atoms with Gasteiger partial charge in [-0.25, -0.2) is 9.37 Å². The lowest BCUT2D eigenvalue weighted by Crippen LogP contribution is -2.36. The van der Waals surface area contributed by atoms with E-state index in [-0.39, 0.29) is 36.7 Å². The zero-order valence-corrected chi connectivity index (χ0v) is 27.0. The summed E-state index contributed by atoms with van der Waals surface area (Å²) in [6.45, 7) is 9.91. The molecule has 1 unspecified atom stereocenters. The van der Waals surface area contributed by atoms with E-state index in [0.717, 1.165) is 75.1 Å². The van der Waals surface area contributed by atoms with Crippen LogP contribution in [0.3, 0.4) is 0 Å². The quantitative estimate of drug-likeness (QED) is 0.170. The molecule has 0 saturated carbocycles. The zero-order valence-electron chi connectivity index (χ0n) is 27.0. The summed E-state index contributed by atoms with van der Waals surface area (Å²) in [5.74, 6) is -2.30. The highest BCUT2D eigenvalue weighted by Crippen LogP contribution is 2.42. The fourth-order valence-corrected chi connectivity index (χ4v) is 5.95. The van der Waals surface area contributed by atoms with E-state index in [4.69, 9.17) is 4.84 Å². The number of hydroxylamine groups is 2. The summed E-state index contributed by atoms with van der Waals surface area (Å²) in [5.41, 5.74) is 3.28. The molecule has 1 aromatic rings. The Bertz CT molecular complexity index is 1330. The number of unbranched alkanes of at least 4 members (excludes halogenated alkanes) is 3. The lowest BCUT2D eigenvalue weighted by atomic mass is 9.71. The van der Waals surface area contributed by atoms with Crippen LogP contribution in [0.5, 0.6) is 0 Å². The van der Waals surface area contributed by atoms with E-state index in [9.17, 15) is 24.3 Å². The van der Waals surface area contributed by atoms with Gasteiger partial charge in [0.25, 0.3) is 11.8 Å². The number of rotatable bonds is 17. The van der Waals surface area contributed by atoms with Crippen LogP contribution in [0.1, 0.15) is 90.5 Å². The largest absolute Gasteiger partial charge is 0.511 e. The van der Waals surface area contributed by atoms with Crippen molar-refractivity contribution < 1.29 is 33.7 Å². The summed E-state index contributed by atoms with van der Waals surface area (Å²) < 4.78 is 2.18. The average Bonchev–Trinajstić information content (AvgIpc) is 3.36. The molecule has 0 aromatic heterocycles. The first-order valence-electron chi connectivity index (χ1n) is 16.7. The first-order chi connectivity index (χ1) is 21.8. The normalized spacial score (nSPS) is 19.4. The molecule has 1 aromatic carbocycles. The van der Waals surface area contributed by atoms with Crippen LogP contribution < -0.4 is 4.90 Å². The predicted octanol–water partition coefficient (Wildman–Crippen LogP) is 5.94. The highest BCUT2D eigenvalue weighted by atomic mass is 16.7. The van der Waals surface area contributed by atoms with Gasteiger partial charge in [0.1, 0.15) is 18.8 Å². The topological polar surface area (TPSA) is 107 Å². The first-order valence-corrected chi connectivity index (χ1v) is 16.7. The molecule has 0 bridgehead atoms. The predicted molar refractivity (Wildman–Crippen MR) is 175 cm³/mol. The number of Topliss-reactive ketones (excluding diaryl/α,β-unsaturated/α-hetero) is 1. The van der Waals surface area contributed by atoms with Gasteiger partial charge in [-0.3, -0.25) is 14.4 Å². The van der Waals surface area contributed by atoms with Gasteiger partial charge in [0, 0.05) is 62.5 Å². The Kier molecular flexibility index (Phi) is 12.3. The molecule has 4 rings (SSSR count). The standard InChI is InChI=1S/C36H47N3O6/c1-4-7-22-37(23-8-5-2)28-16-12-26(13-17-28)33-35(43)34(36(33)44)27-14-18-29(19-15-27)38(24-9-6-3)25-10-11-32(42)45-39-30(40)20-21-31(39)41/h12-19,27,34H,4-11,20-25H2,1-3H3/p+1. The van der Waals surface area contributed by atoms with Crippen molar-refractivity contribution in [1.29, 1.82) is 0 Å². The molecule has 1 saturated heterocycles. The Morgan fingerprint density at radius 3 is 2.02 bits per heavy atom. The van der Waals surface area contributed by atoms with Crippen LogP contribution in [0.25, 0.3) is 5.57 Å². The number of benzene rings is 1. The number of allylic oxidation sites excluding steroid dienone is 6. The molecule has 0 spiro atoms. The molecule has 242 valence electrons. The van der Waals surface area contributed by atoms with Gasteiger partial charge < -0.3 is 14.8 Å². The van der Waals surface area contributed by atoms with Crippen molar-refractivity contribution in [1.82, 2.24) is 5.06 Å². The average molecular weight is 619 g/mol. The molecule has 1 fully saturated rings. The van der Waals surface area contributed by atoms with Gasteiger partial charge >= 0.3 is 5.97 Å². The molecule has 1 heterocycles. The number of aliphatic hydroxyl groups is 1. The number of imide groups is 1. The zero-order chi connectivity index (χ0) is 32.3. The van der Waals surface area contributed by atoms with Crippen molar-refractivity contribution >= 4 is 40.5 Å². The molecule has 0 radical (unpaired) electrons. The number of nitrogens with zero attached hydrogens (tertiary/aromatic N) is 3. The molecular formula is C36H48N3O6+. The second-order valence-electron chi connectivity index (χ2n) is 12.1. The molecule has 9 heteroatoms. The molecular weight excluding hydrogens is 570 g/mol. The molecule has 3 aliphatic rings. The minimum Gasteiger partial charge on any atom is -0.511 e. The number of amides is 2. The van der Waals surface area contributed by atoms with E-state index in [1.165, 1.54) is 0 Å². The van der Waals surface area contributed by atoms with Crippen molar-refractivity contribution in [3.63, 3.8) is 0 Å². The van der Waals surface area contributed by atoms with Crippen molar-refractivity contribution in [3.8, 4) is 0 Å². The number of hydrogen-bond donors (Lipinski definition) is 1. The third kappa shape index (κ3) is 8.38. The Morgan fingerprint density at radius 2 is 1.47 bits per heavy atom. The number of carbonyl (C=O) groups excluding carboxylic acids is 4. The Balaban J connectivity index is 1.38. The van der Waals surface area contributed by atoms with Gasteiger partial charge in [0.2, 0.25) is 0 Å². The van der Waals surface area contributed by atoms with Crippen molar-refractivity contribution in [2.75, 3.05) is 31.1 Å². The van der Waals surface area contributed by atoms with Gasteiger partial charge in [0.05, 0.1) is 17.9 Å². The monoisotopic (exact) mass is 618 g/mol. The van der Waals surface area contributed by atoms with E-state index in [2.05, 4.69) is 42.4 Å². The lowest BCUT2D eigenvalue weighted by molar-refractivity contribution is -0.527. The van der Waals surface area contributed by atoms with Crippen molar-refractivity contribution in [2.24, 2.45) is 11.8 Å². The highest BCUT2D eigenvalue weighted by molar-refractivity contribution is 6.30. The van der Waals surface area contributed by atoms with E-state index in [0.29, 0.717) is 23.6 Å². The summed E-state index contributed by atoms with van der Waals surface area (Å²) >= 11 is 0. The minimum atomic E-state index is -0.602. The molecule has 2 amide bonds. The third-order valence-electron chi connectivity index (χ3n) is 8.68. The molecule has 1 aliphatic heterocycles. The number of anilines is 1. The van der Waals surface area contributed by atoms with Gasteiger partial charge in [0.15, 0.2) is 11.5 Å². The lowest BCUT2D eigenvalue weighted by Gasteiger charge is -2.32. The Morgan fingerprint density at radius 1 is 0.889 bits per heavy atom. The third-order valence-corrected chi connectivity index (χ3v) is 8.68. The van der Waals surface area contributed by atoms with Crippen LogP contribution in [0.2, 0.25) is 0 Å². The summed E-state index contributed by atoms with van der Waals surface area (Å²) in [7, 11) is 0. The fourth-order valence-electron chi connectivity index (χ4n) is 5.95. The SMILES string of the molecule is CCCCN(CCCC)c1ccc(C2=C(O)C(C3C=CC(=[N+](CCCC)CCCC(=O)ON4C(=O)CCC4=O)C=C3)C2=O)cc1. The minimum absolute atomic E-state index is 0.0480. The van der Waals surface area contributed by atoms with Crippen LogP contribution in [-0.2, 0) is 24.0 Å². The second-order valence-corrected chi connectivity index (χ2v) is 12.1. The summed E-state index contributed by atoms with van der Waals surface area (Å²) in [6.07, 6.45) is 15.1. The maximum atomic E-state index is 13.3. The number of hydrogen-bond acceptors (Lipinski definition) is 7. The maximum absolute atomic E-state index is 13.3. The summed E-state index contributed by atoms with van der Waals surface area (Å²) in [4.78, 5) is 56.4. The van der Waals surface area contributed by atoms with Crippen LogP contribution in [-0.4, -0.2) is 70.2 Å². The van der Waals surface area contributed by atoms with Crippen LogP contribution in [0.4, 0.5) is 5.69 Å². The van der Waals surface area contributed by atoms with Gasteiger partial charge in [-0.2, -0.15) is 0 Å². The van der Waals surface area contributed by atoms with Crippen LogP contribution >= 0.6 is 0 Å². The van der Waals surface area contributed by atoms with Crippen molar-refractivity contribution in [3.05, 3.63) is 59.9 Å². The summed E-state index contributed by atoms with van der Waals surface area (Å²) in [5, 5.41) is 11.6. The summed E-state index contributed by atoms with van der Waals surface area (Å²) in [6, 6.07) is 8.00. The number of carbonyl (C=O) groups is 4. The second kappa shape index (κ2) is 16.3. The Labute approximate surface area is 266 Å². The van der Waals surface area contributed by atoms with E-state index in [1.807, 2.05) is 36.4 Å². The molecule has 1 atom stereocenters.